The smallest absolute Gasteiger partial charge is 0.414 e. The standard InChI is InChI=1S/C17H20N2O3/c1-9-7-18-14-11(20)5-12-17(13(9)14)6-10(17)8-19(12)15(21)22-16(2,3)4/h5,7,10,18H,6,8H2,1-4H3/t10-,17+/m1/s1. The van der Waals surface area contributed by atoms with Crippen LogP contribution in [0.3, 0.4) is 0 Å². The van der Waals surface area contributed by atoms with E-state index in [2.05, 4.69) is 4.98 Å². The van der Waals surface area contributed by atoms with Crippen LogP contribution in [0.1, 0.15) is 48.8 Å². The van der Waals surface area contributed by atoms with E-state index in [0.717, 1.165) is 23.2 Å². The molecular formula is C17H20N2O3. The highest BCUT2D eigenvalue weighted by Gasteiger charge is 2.68. The average molecular weight is 300 g/mol. The van der Waals surface area contributed by atoms with E-state index in [1.807, 2.05) is 33.9 Å². The summed E-state index contributed by atoms with van der Waals surface area (Å²) in [4.78, 5) is 29.6. The van der Waals surface area contributed by atoms with Crippen LogP contribution in [-0.2, 0) is 10.2 Å². The molecule has 2 fully saturated rings. The van der Waals surface area contributed by atoms with Crippen molar-refractivity contribution in [1.82, 2.24) is 9.88 Å². The van der Waals surface area contributed by atoms with Crippen LogP contribution >= 0.6 is 0 Å². The number of hydrogen-bond acceptors (Lipinski definition) is 3. The lowest BCUT2D eigenvalue weighted by Gasteiger charge is -2.30. The van der Waals surface area contributed by atoms with Crippen LogP contribution in [-0.4, -0.2) is 33.9 Å². The Morgan fingerprint density at radius 2 is 2.18 bits per heavy atom. The van der Waals surface area contributed by atoms with E-state index in [9.17, 15) is 9.59 Å². The number of H-pyrrole nitrogens is 1. The molecule has 116 valence electrons. The van der Waals surface area contributed by atoms with Crippen LogP contribution in [0.15, 0.2) is 18.0 Å². The zero-order valence-corrected chi connectivity index (χ0v) is 13.3. The van der Waals surface area contributed by atoms with Gasteiger partial charge >= 0.3 is 6.09 Å². The predicted octanol–water partition coefficient (Wildman–Crippen LogP) is 2.91. The molecule has 1 spiro atoms. The Labute approximate surface area is 129 Å². The molecule has 1 aliphatic heterocycles. The lowest BCUT2D eigenvalue weighted by molar-refractivity contribution is 0.0322. The summed E-state index contributed by atoms with van der Waals surface area (Å²) in [5.41, 5.74) is 3.02. The molecule has 0 unspecified atom stereocenters. The van der Waals surface area contributed by atoms with Crippen LogP contribution < -0.4 is 0 Å². The highest BCUT2D eigenvalue weighted by Crippen LogP contribution is 2.67. The van der Waals surface area contributed by atoms with Crippen molar-refractivity contribution in [2.24, 2.45) is 5.92 Å². The first-order valence-corrected chi connectivity index (χ1v) is 7.69. The molecule has 3 aliphatic rings. The molecule has 1 N–H and O–H groups in total. The quantitative estimate of drug-likeness (QED) is 0.801. The summed E-state index contributed by atoms with van der Waals surface area (Å²) in [7, 11) is 0. The number of nitrogens with zero attached hydrogens (tertiary/aromatic N) is 1. The second-order valence-electron chi connectivity index (χ2n) is 7.58. The van der Waals surface area contributed by atoms with Crippen LogP contribution in [0.25, 0.3) is 0 Å². The third-order valence-corrected chi connectivity index (χ3v) is 4.91. The number of aryl methyl sites for hydroxylation is 1. The summed E-state index contributed by atoms with van der Waals surface area (Å²) in [5.74, 6) is 0.345. The van der Waals surface area contributed by atoms with Crippen molar-refractivity contribution in [2.45, 2.75) is 45.1 Å². The SMILES string of the molecule is Cc1c[nH]c2c1[C@@]13C[C@@H]1CN(C(=O)OC(C)(C)C)C3=CC2=O. The summed E-state index contributed by atoms with van der Waals surface area (Å²) in [6, 6.07) is 0. The average Bonchev–Trinajstić information content (AvgIpc) is 2.78. The molecule has 2 aliphatic carbocycles. The van der Waals surface area contributed by atoms with E-state index in [0.29, 0.717) is 18.2 Å². The fourth-order valence-electron chi connectivity index (χ4n) is 4.04. The van der Waals surface area contributed by atoms with Gasteiger partial charge in [0.1, 0.15) is 5.60 Å². The topological polar surface area (TPSA) is 62.4 Å². The van der Waals surface area contributed by atoms with Crippen molar-refractivity contribution in [3.8, 4) is 0 Å². The number of ketones is 1. The first-order chi connectivity index (χ1) is 10.2. The first kappa shape index (κ1) is 13.6. The van der Waals surface area contributed by atoms with Gasteiger partial charge in [-0.15, -0.1) is 0 Å². The highest BCUT2D eigenvalue weighted by molar-refractivity contribution is 6.08. The van der Waals surface area contributed by atoms with Gasteiger partial charge in [-0.2, -0.15) is 0 Å². The van der Waals surface area contributed by atoms with E-state index < -0.39 is 5.60 Å². The van der Waals surface area contributed by atoms with Crippen LogP contribution in [0.2, 0.25) is 0 Å². The third kappa shape index (κ3) is 1.59. The number of aromatic amines is 1. The molecule has 1 saturated heterocycles. The molecule has 0 aromatic carbocycles. The highest BCUT2D eigenvalue weighted by atomic mass is 16.6. The normalized spacial score (nSPS) is 28.7. The third-order valence-electron chi connectivity index (χ3n) is 4.91. The number of ether oxygens (including phenoxy) is 1. The molecule has 1 saturated carbocycles. The van der Waals surface area contributed by atoms with Gasteiger partial charge in [0.25, 0.3) is 0 Å². The van der Waals surface area contributed by atoms with Crippen molar-refractivity contribution >= 4 is 11.9 Å². The largest absolute Gasteiger partial charge is 0.443 e. The van der Waals surface area contributed by atoms with Crippen molar-refractivity contribution in [3.05, 3.63) is 34.8 Å². The van der Waals surface area contributed by atoms with Gasteiger partial charge in [0.2, 0.25) is 5.78 Å². The molecule has 22 heavy (non-hydrogen) atoms. The Morgan fingerprint density at radius 3 is 2.86 bits per heavy atom. The minimum atomic E-state index is -0.536. The molecule has 1 aromatic heterocycles. The number of carbonyl (C=O) groups excluding carboxylic acids is 2. The van der Waals surface area contributed by atoms with Gasteiger partial charge in [0.15, 0.2) is 0 Å². The minimum absolute atomic E-state index is 0.0511. The van der Waals surface area contributed by atoms with Crippen molar-refractivity contribution < 1.29 is 14.3 Å². The number of likely N-dealkylation sites (tertiary alicyclic amines) is 1. The van der Waals surface area contributed by atoms with E-state index in [4.69, 9.17) is 4.74 Å². The summed E-state index contributed by atoms with van der Waals surface area (Å²) >= 11 is 0. The predicted molar refractivity (Wildman–Crippen MR) is 80.7 cm³/mol. The number of carbonyl (C=O) groups is 2. The summed E-state index contributed by atoms with van der Waals surface area (Å²) in [6.45, 7) is 8.22. The Morgan fingerprint density at radius 1 is 1.45 bits per heavy atom. The number of amides is 1. The number of aromatic nitrogens is 1. The van der Waals surface area contributed by atoms with Crippen LogP contribution in [0, 0.1) is 12.8 Å². The maximum absolute atomic E-state index is 12.5. The fourth-order valence-corrected chi connectivity index (χ4v) is 4.04. The number of rotatable bonds is 0. The van der Waals surface area contributed by atoms with Gasteiger partial charge in [-0.25, -0.2) is 4.79 Å². The molecular weight excluding hydrogens is 280 g/mol. The number of allylic oxidation sites excluding steroid dienone is 2. The number of fused-ring (bicyclic) bond motifs is 1. The van der Waals surface area contributed by atoms with Gasteiger partial charge < -0.3 is 9.72 Å². The van der Waals surface area contributed by atoms with E-state index in [-0.39, 0.29) is 17.3 Å². The van der Waals surface area contributed by atoms with Gasteiger partial charge in [0.05, 0.1) is 5.69 Å². The van der Waals surface area contributed by atoms with Gasteiger partial charge in [-0.05, 0) is 51.2 Å². The number of hydrogen-bond donors (Lipinski definition) is 1. The lowest BCUT2D eigenvalue weighted by Crippen LogP contribution is -2.37. The molecule has 2 heterocycles. The Balaban J connectivity index is 1.75. The van der Waals surface area contributed by atoms with Gasteiger partial charge in [-0.1, -0.05) is 0 Å². The molecule has 5 nitrogen and oxygen atoms in total. The van der Waals surface area contributed by atoms with Gasteiger partial charge in [-0.3, -0.25) is 9.69 Å². The van der Waals surface area contributed by atoms with E-state index in [1.54, 1.807) is 11.0 Å². The maximum atomic E-state index is 12.5. The molecule has 1 amide bonds. The molecule has 2 atom stereocenters. The lowest BCUT2D eigenvalue weighted by atomic mass is 9.83. The summed E-state index contributed by atoms with van der Waals surface area (Å²) in [6.07, 6.45) is 4.17. The Kier molecular flexibility index (Phi) is 2.37. The number of piperidine rings is 1. The summed E-state index contributed by atoms with van der Waals surface area (Å²) < 4.78 is 5.50. The molecule has 4 rings (SSSR count). The fraction of sp³-hybridized carbons (Fsp3) is 0.529. The Hall–Kier alpha value is -2.04. The molecule has 1 aromatic rings. The van der Waals surface area contributed by atoms with E-state index in [1.165, 1.54) is 0 Å². The van der Waals surface area contributed by atoms with Crippen molar-refractivity contribution in [2.75, 3.05) is 6.54 Å². The van der Waals surface area contributed by atoms with Crippen LogP contribution in [0.5, 0.6) is 0 Å². The second-order valence-corrected chi connectivity index (χ2v) is 7.58. The molecule has 0 radical (unpaired) electrons. The monoisotopic (exact) mass is 300 g/mol. The first-order valence-electron chi connectivity index (χ1n) is 7.69. The van der Waals surface area contributed by atoms with Gasteiger partial charge in [0, 0.05) is 29.9 Å². The van der Waals surface area contributed by atoms with E-state index >= 15 is 0 Å². The number of nitrogens with one attached hydrogen (secondary N) is 1. The molecule has 0 bridgehead atoms. The second kappa shape index (κ2) is 3.83. The maximum Gasteiger partial charge on any atom is 0.414 e. The van der Waals surface area contributed by atoms with Crippen LogP contribution in [0.4, 0.5) is 4.79 Å². The summed E-state index contributed by atoms with van der Waals surface area (Å²) in [5, 5.41) is 0. The molecule has 5 heteroatoms. The van der Waals surface area contributed by atoms with Crippen molar-refractivity contribution in [1.29, 1.82) is 0 Å². The zero-order chi connectivity index (χ0) is 15.9. The Bertz CT molecular complexity index is 738. The minimum Gasteiger partial charge on any atom is -0.443 e. The van der Waals surface area contributed by atoms with Crippen molar-refractivity contribution in [3.63, 3.8) is 0 Å². The zero-order valence-electron chi connectivity index (χ0n) is 13.3.